The molecule has 2 aromatic rings. The Labute approximate surface area is 153 Å². The van der Waals surface area contributed by atoms with Gasteiger partial charge in [-0.2, -0.15) is 0 Å². The fourth-order valence-corrected chi connectivity index (χ4v) is 3.26. The molecule has 1 fully saturated rings. The molecule has 1 unspecified atom stereocenters. The normalized spacial score (nSPS) is 15.8. The molecule has 1 aliphatic heterocycles. The topological polar surface area (TPSA) is 79.8 Å². The van der Waals surface area contributed by atoms with Gasteiger partial charge in [-0.3, -0.25) is 9.59 Å². The molecular formula is C20H25N3O3. The van der Waals surface area contributed by atoms with E-state index in [1.54, 1.807) is 22.8 Å². The number of nitrogens with zero attached hydrogens (tertiary/aromatic N) is 2. The molecule has 0 radical (unpaired) electrons. The third-order valence-electron chi connectivity index (χ3n) is 4.85. The molecule has 2 amide bonds. The van der Waals surface area contributed by atoms with Crippen LogP contribution in [0.5, 0.6) is 0 Å². The van der Waals surface area contributed by atoms with Gasteiger partial charge in [0.25, 0.3) is 5.91 Å². The number of amides is 2. The van der Waals surface area contributed by atoms with E-state index in [1.165, 1.54) is 0 Å². The first-order valence-corrected chi connectivity index (χ1v) is 8.84. The van der Waals surface area contributed by atoms with Crippen molar-refractivity contribution in [1.82, 2.24) is 9.80 Å². The number of nitrogens with two attached hydrogens (primary N) is 1. The molecule has 0 saturated carbocycles. The van der Waals surface area contributed by atoms with Crippen molar-refractivity contribution in [3.05, 3.63) is 58.5 Å². The largest absolute Gasteiger partial charge is 0.466 e. The predicted octanol–water partition coefficient (Wildman–Crippen LogP) is 2.19. The summed E-state index contributed by atoms with van der Waals surface area (Å²) in [6.07, 6.45) is 0. The molecule has 138 valence electrons. The Kier molecular flexibility index (Phi) is 5.13. The lowest BCUT2D eigenvalue weighted by Crippen LogP contribution is -2.52. The fourth-order valence-electron chi connectivity index (χ4n) is 3.26. The van der Waals surface area contributed by atoms with Gasteiger partial charge in [-0.15, -0.1) is 0 Å². The number of hydrogen-bond donors (Lipinski definition) is 1. The van der Waals surface area contributed by atoms with Crippen LogP contribution in [0.4, 0.5) is 0 Å². The Balaban J connectivity index is 1.61. The Morgan fingerprint density at radius 1 is 1.00 bits per heavy atom. The summed E-state index contributed by atoms with van der Waals surface area (Å²) in [4.78, 5) is 28.8. The maximum absolute atomic E-state index is 12.7. The van der Waals surface area contributed by atoms with E-state index < -0.39 is 6.04 Å². The Hall–Kier alpha value is -2.60. The molecule has 1 atom stereocenters. The zero-order chi connectivity index (χ0) is 18.8. The molecule has 0 spiro atoms. The monoisotopic (exact) mass is 355 g/mol. The van der Waals surface area contributed by atoms with Gasteiger partial charge in [0, 0.05) is 26.2 Å². The number of carbonyl (C=O) groups excluding carboxylic acids is 2. The summed E-state index contributed by atoms with van der Waals surface area (Å²) < 4.78 is 5.45. The van der Waals surface area contributed by atoms with E-state index in [-0.39, 0.29) is 11.8 Å². The van der Waals surface area contributed by atoms with Crippen molar-refractivity contribution in [1.29, 1.82) is 0 Å². The third-order valence-corrected chi connectivity index (χ3v) is 4.85. The van der Waals surface area contributed by atoms with E-state index >= 15 is 0 Å². The summed E-state index contributed by atoms with van der Waals surface area (Å²) in [5.41, 5.74) is 8.68. The van der Waals surface area contributed by atoms with Gasteiger partial charge in [0.2, 0.25) is 5.91 Å². The number of piperazine rings is 1. The Bertz CT molecular complexity index is 802. The second-order valence-corrected chi connectivity index (χ2v) is 6.83. The molecule has 2 N–H and O–H groups in total. The third kappa shape index (κ3) is 3.65. The molecule has 6 nitrogen and oxygen atoms in total. The highest BCUT2D eigenvalue weighted by Crippen LogP contribution is 2.19. The van der Waals surface area contributed by atoms with E-state index in [0.717, 1.165) is 16.9 Å². The van der Waals surface area contributed by atoms with Crippen LogP contribution in [0.2, 0.25) is 0 Å². The van der Waals surface area contributed by atoms with Crippen molar-refractivity contribution >= 4 is 11.8 Å². The lowest BCUT2D eigenvalue weighted by Gasteiger charge is -2.36. The number of carbonyl (C=O) groups is 2. The van der Waals surface area contributed by atoms with Gasteiger partial charge in [0.1, 0.15) is 17.6 Å². The summed E-state index contributed by atoms with van der Waals surface area (Å²) in [6.45, 7) is 7.58. The number of hydrogen-bond acceptors (Lipinski definition) is 4. The summed E-state index contributed by atoms with van der Waals surface area (Å²) in [6, 6.07) is 8.78. The van der Waals surface area contributed by atoms with Gasteiger partial charge < -0.3 is 20.0 Å². The molecule has 1 aromatic carbocycles. The first-order chi connectivity index (χ1) is 12.4. The van der Waals surface area contributed by atoms with Gasteiger partial charge in [0.15, 0.2) is 0 Å². The molecule has 26 heavy (non-hydrogen) atoms. The summed E-state index contributed by atoms with van der Waals surface area (Å²) in [5, 5.41) is 0. The Morgan fingerprint density at radius 2 is 1.58 bits per heavy atom. The van der Waals surface area contributed by atoms with Gasteiger partial charge in [-0.05, 0) is 32.4 Å². The molecule has 0 aliphatic carbocycles. The average molecular weight is 355 g/mol. The summed E-state index contributed by atoms with van der Waals surface area (Å²) >= 11 is 0. The van der Waals surface area contributed by atoms with Gasteiger partial charge in [-0.1, -0.05) is 29.8 Å². The predicted molar refractivity (Wildman–Crippen MR) is 98.8 cm³/mol. The standard InChI is InChI=1S/C20H25N3O3/c1-13-4-6-16(7-5-13)18(21)20(25)23-10-8-22(9-11-23)19(24)17-12-14(2)26-15(17)3/h4-7,12,18H,8-11,21H2,1-3H3. The van der Waals surface area contributed by atoms with Crippen molar-refractivity contribution in [2.45, 2.75) is 26.8 Å². The zero-order valence-electron chi connectivity index (χ0n) is 15.5. The quantitative estimate of drug-likeness (QED) is 0.915. The average Bonchev–Trinajstić information content (AvgIpc) is 2.99. The highest BCUT2D eigenvalue weighted by molar-refractivity contribution is 5.95. The van der Waals surface area contributed by atoms with Crippen molar-refractivity contribution in [3.8, 4) is 0 Å². The highest BCUT2D eigenvalue weighted by Gasteiger charge is 2.29. The van der Waals surface area contributed by atoms with E-state index in [2.05, 4.69) is 0 Å². The van der Waals surface area contributed by atoms with Gasteiger partial charge >= 0.3 is 0 Å². The number of rotatable bonds is 3. The van der Waals surface area contributed by atoms with Crippen LogP contribution in [0, 0.1) is 20.8 Å². The van der Waals surface area contributed by atoms with E-state index in [4.69, 9.17) is 10.2 Å². The second kappa shape index (κ2) is 7.33. The second-order valence-electron chi connectivity index (χ2n) is 6.83. The maximum atomic E-state index is 12.7. The van der Waals surface area contributed by atoms with E-state index in [1.807, 2.05) is 38.1 Å². The fraction of sp³-hybridized carbons (Fsp3) is 0.400. The van der Waals surface area contributed by atoms with Crippen LogP contribution in [0.15, 0.2) is 34.7 Å². The highest BCUT2D eigenvalue weighted by atomic mass is 16.3. The zero-order valence-corrected chi connectivity index (χ0v) is 15.5. The minimum atomic E-state index is -0.670. The van der Waals surface area contributed by atoms with Gasteiger partial charge in [-0.25, -0.2) is 0 Å². The van der Waals surface area contributed by atoms with Gasteiger partial charge in [0.05, 0.1) is 5.56 Å². The van der Waals surface area contributed by atoms with Crippen LogP contribution in [0.25, 0.3) is 0 Å². The molecule has 1 aliphatic rings. The SMILES string of the molecule is Cc1ccc(C(N)C(=O)N2CCN(C(=O)c3cc(C)oc3C)CC2)cc1. The van der Waals surface area contributed by atoms with Crippen molar-refractivity contribution in [2.75, 3.05) is 26.2 Å². The first kappa shape index (κ1) is 18.2. The molecule has 0 bridgehead atoms. The lowest BCUT2D eigenvalue weighted by atomic mass is 10.0. The summed E-state index contributed by atoms with van der Waals surface area (Å²) in [7, 11) is 0. The van der Waals surface area contributed by atoms with Crippen molar-refractivity contribution in [2.24, 2.45) is 5.73 Å². The molecule has 3 rings (SSSR count). The smallest absolute Gasteiger partial charge is 0.257 e. The maximum Gasteiger partial charge on any atom is 0.257 e. The minimum absolute atomic E-state index is 0.0470. The lowest BCUT2D eigenvalue weighted by molar-refractivity contribution is -0.134. The molecule has 1 saturated heterocycles. The number of benzene rings is 1. The summed E-state index contributed by atoms with van der Waals surface area (Å²) in [5.74, 6) is 1.21. The Morgan fingerprint density at radius 3 is 2.12 bits per heavy atom. The van der Waals surface area contributed by atoms with Crippen molar-refractivity contribution in [3.63, 3.8) is 0 Å². The van der Waals surface area contributed by atoms with Crippen LogP contribution >= 0.6 is 0 Å². The molecular weight excluding hydrogens is 330 g/mol. The molecule has 2 heterocycles. The van der Waals surface area contributed by atoms with Crippen LogP contribution in [0.3, 0.4) is 0 Å². The van der Waals surface area contributed by atoms with Crippen molar-refractivity contribution < 1.29 is 14.0 Å². The number of aryl methyl sites for hydroxylation is 3. The van der Waals surface area contributed by atoms with E-state index in [9.17, 15) is 9.59 Å². The van der Waals surface area contributed by atoms with Crippen LogP contribution < -0.4 is 5.73 Å². The first-order valence-electron chi connectivity index (χ1n) is 8.84. The minimum Gasteiger partial charge on any atom is -0.466 e. The molecule has 1 aromatic heterocycles. The van der Waals surface area contributed by atoms with E-state index in [0.29, 0.717) is 37.5 Å². The number of furan rings is 1. The molecule has 6 heteroatoms. The van der Waals surface area contributed by atoms with Crippen LogP contribution in [-0.2, 0) is 4.79 Å². The van der Waals surface area contributed by atoms with Crippen LogP contribution in [-0.4, -0.2) is 47.8 Å². The van der Waals surface area contributed by atoms with Crippen LogP contribution in [0.1, 0.15) is 39.0 Å².